The average molecular weight is 204 g/mol. The first-order chi connectivity index (χ1) is 7.22. The molecule has 0 aliphatic heterocycles. The molecule has 1 aromatic carbocycles. The van der Waals surface area contributed by atoms with Gasteiger partial charge in [-0.15, -0.1) is 0 Å². The van der Waals surface area contributed by atoms with Crippen LogP contribution in [0, 0.1) is 6.92 Å². The molecule has 0 fully saturated rings. The maximum Gasteiger partial charge on any atom is 0.121 e. The molecular formula is C11H12N2O2. The van der Waals surface area contributed by atoms with E-state index in [9.17, 15) is 5.11 Å². The highest BCUT2D eigenvalue weighted by Crippen LogP contribution is 2.17. The predicted octanol–water partition coefficient (Wildman–Crippen LogP) is 0.964. The zero-order chi connectivity index (χ0) is 10.8. The Bertz CT molecular complexity index is 485. The molecule has 0 aliphatic rings. The van der Waals surface area contributed by atoms with E-state index in [1.165, 1.54) is 0 Å². The standard InChI is InChI=1S/C11H12N2O2/c1-7-11(10(15)6-14)13-9-5-3-2-4-8(9)12-7/h2-5,10,14-15H,6H2,1H3/t10-/m1/s1. The maximum absolute atomic E-state index is 9.52. The van der Waals surface area contributed by atoms with Crippen LogP contribution in [0.4, 0.5) is 0 Å². The number of aromatic nitrogens is 2. The molecule has 2 aromatic rings. The lowest BCUT2D eigenvalue weighted by atomic mass is 10.2. The summed E-state index contributed by atoms with van der Waals surface area (Å²) in [5.41, 5.74) is 2.61. The molecule has 4 heteroatoms. The summed E-state index contributed by atoms with van der Waals surface area (Å²) in [6.07, 6.45) is -0.956. The molecule has 0 saturated heterocycles. The van der Waals surface area contributed by atoms with Crippen LogP contribution >= 0.6 is 0 Å². The van der Waals surface area contributed by atoms with Crippen LogP contribution in [-0.4, -0.2) is 26.8 Å². The van der Waals surface area contributed by atoms with Crippen LogP contribution in [0.15, 0.2) is 24.3 Å². The summed E-state index contributed by atoms with van der Waals surface area (Å²) >= 11 is 0. The first kappa shape index (κ1) is 10.0. The Kier molecular flexibility index (Phi) is 2.62. The van der Waals surface area contributed by atoms with E-state index in [1.54, 1.807) is 6.92 Å². The minimum atomic E-state index is -0.956. The van der Waals surface area contributed by atoms with Crippen molar-refractivity contribution in [1.29, 1.82) is 0 Å². The first-order valence-electron chi connectivity index (χ1n) is 4.74. The van der Waals surface area contributed by atoms with E-state index in [1.807, 2.05) is 24.3 Å². The summed E-state index contributed by atoms with van der Waals surface area (Å²) in [6, 6.07) is 7.44. The SMILES string of the molecule is Cc1nc2ccccc2nc1[C@H](O)CO. The average Bonchev–Trinajstić information content (AvgIpc) is 2.27. The van der Waals surface area contributed by atoms with Crippen molar-refractivity contribution in [3.63, 3.8) is 0 Å². The molecule has 1 heterocycles. The van der Waals surface area contributed by atoms with Crippen LogP contribution in [0.3, 0.4) is 0 Å². The van der Waals surface area contributed by atoms with Gasteiger partial charge >= 0.3 is 0 Å². The summed E-state index contributed by atoms with van der Waals surface area (Å²) < 4.78 is 0. The van der Waals surface area contributed by atoms with Crippen LogP contribution in [0.5, 0.6) is 0 Å². The summed E-state index contributed by atoms with van der Waals surface area (Å²) in [5.74, 6) is 0. The van der Waals surface area contributed by atoms with Gasteiger partial charge in [-0.25, -0.2) is 9.97 Å². The Morgan fingerprint density at radius 1 is 1.20 bits per heavy atom. The van der Waals surface area contributed by atoms with E-state index in [-0.39, 0.29) is 6.61 Å². The van der Waals surface area contributed by atoms with E-state index in [4.69, 9.17) is 5.11 Å². The smallest absolute Gasteiger partial charge is 0.121 e. The summed E-state index contributed by atoms with van der Waals surface area (Å²) in [7, 11) is 0. The fourth-order valence-electron chi connectivity index (χ4n) is 1.50. The molecule has 1 atom stereocenters. The van der Waals surface area contributed by atoms with Gasteiger partial charge in [0.2, 0.25) is 0 Å². The van der Waals surface area contributed by atoms with Crippen molar-refractivity contribution >= 4 is 11.0 Å². The first-order valence-corrected chi connectivity index (χ1v) is 4.74. The molecule has 0 bridgehead atoms. The van der Waals surface area contributed by atoms with Gasteiger partial charge in [-0.05, 0) is 19.1 Å². The number of fused-ring (bicyclic) bond motifs is 1. The van der Waals surface area contributed by atoms with Crippen LogP contribution in [0.2, 0.25) is 0 Å². The Labute approximate surface area is 87.2 Å². The summed E-state index contributed by atoms with van der Waals surface area (Å²) in [5, 5.41) is 18.4. The largest absolute Gasteiger partial charge is 0.393 e. The number of hydrogen-bond donors (Lipinski definition) is 2. The van der Waals surface area contributed by atoms with Crippen LogP contribution in [-0.2, 0) is 0 Å². The molecule has 2 N–H and O–H groups in total. The van der Waals surface area contributed by atoms with Crippen molar-refractivity contribution in [3.05, 3.63) is 35.7 Å². The zero-order valence-corrected chi connectivity index (χ0v) is 8.38. The van der Waals surface area contributed by atoms with Gasteiger partial charge in [-0.2, -0.15) is 0 Å². The second-order valence-corrected chi connectivity index (χ2v) is 3.38. The number of benzene rings is 1. The van der Waals surface area contributed by atoms with Crippen molar-refractivity contribution in [2.75, 3.05) is 6.61 Å². The molecule has 0 aliphatic carbocycles. The zero-order valence-electron chi connectivity index (χ0n) is 8.38. The minimum absolute atomic E-state index is 0.339. The molecule has 0 spiro atoms. The molecule has 1 aromatic heterocycles. The molecule has 15 heavy (non-hydrogen) atoms. The molecule has 2 rings (SSSR count). The van der Waals surface area contributed by atoms with Gasteiger partial charge in [0.05, 0.1) is 29.0 Å². The van der Waals surface area contributed by atoms with Gasteiger partial charge in [-0.3, -0.25) is 0 Å². The molecular weight excluding hydrogens is 192 g/mol. The predicted molar refractivity (Wildman–Crippen MR) is 56.3 cm³/mol. The Hall–Kier alpha value is -1.52. The van der Waals surface area contributed by atoms with Crippen LogP contribution in [0.1, 0.15) is 17.5 Å². The van der Waals surface area contributed by atoms with Gasteiger partial charge in [0, 0.05) is 0 Å². The number of nitrogens with zero attached hydrogens (tertiary/aromatic N) is 2. The Morgan fingerprint density at radius 3 is 2.40 bits per heavy atom. The minimum Gasteiger partial charge on any atom is -0.393 e. The van der Waals surface area contributed by atoms with Gasteiger partial charge in [0.25, 0.3) is 0 Å². The van der Waals surface area contributed by atoms with Crippen molar-refractivity contribution in [1.82, 2.24) is 9.97 Å². The Morgan fingerprint density at radius 2 is 1.80 bits per heavy atom. The molecule has 78 valence electrons. The van der Waals surface area contributed by atoms with E-state index >= 15 is 0 Å². The second-order valence-electron chi connectivity index (χ2n) is 3.38. The molecule has 4 nitrogen and oxygen atoms in total. The van der Waals surface area contributed by atoms with Gasteiger partial charge in [-0.1, -0.05) is 12.1 Å². The van der Waals surface area contributed by atoms with E-state index in [0.29, 0.717) is 11.4 Å². The highest BCUT2D eigenvalue weighted by atomic mass is 16.3. The normalized spacial score (nSPS) is 13.0. The second kappa shape index (κ2) is 3.92. The summed E-state index contributed by atoms with van der Waals surface area (Å²) in [4.78, 5) is 8.58. The summed E-state index contributed by atoms with van der Waals surface area (Å²) in [6.45, 7) is 1.43. The lowest BCUT2D eigenvalue weighted by Crippen LogP contribution is -2.08. The fourth-order valence-corrected chi connectivity index (χ4v) is 1.50. The lowest BCUT2D eigenvalue weighted by molar-refractivity contribution is 0.0916. The quantitative estimate of drug-likeness (QED) is 0.764. The van der Waals surface area contributed by atoms with E-state index < -0.39 is 6.10 Å². The van der Waals surface area contributed by atoms with Gasteiger partial charge < -0.3 is 10.2 Å². The molecule has 0 radical (unpaired) electrons. The van der Waals surface area contributed by atoms with Crippen LogP contribution in [0.25, 0.3) is 11.0 Å². The number of aliphatic hydroxyl groups is 2. The van der Waals surface area contributed by atoms with Gasteiger partial charge in [0.1, 0.15) is 6.10 Å². The maximum atomic E-state index is 9.52. The van der Waals surface area contributed by atoms with Crippen LogP contribution < -0.4 is 0 Å². The number of aryl methyl sites for hydroxylation is 1. The number of aliphatic hydroxyl groups excluding tert-OH is 2. The van der Waals surface area contributed by atoms with E-state index in [2.05, 4.69) is 9.97 Å². The third-order valence-corrected chi connectivity index (χ3v) is 2.27. The molecule has 0 saturated carbocycles. The van der Waals surface area contributed by atoms with Crippen molar-refractivity contribution in [3.8, 4) is 0 Å². The molecule has 0 unspecified atom stereocenters. The fraction of sp³-hybridized carbons (Fsp3) is 0.273. The van der Waals surface area contributed by atoms with Crippen molar-refractivity contribution in [2.24, 2.45) is 0 Å². The lowest BCUT2D eigenvalue weighted by Gasteiger charge is -2.10. The van der Waals surface area contributed by atoms with Crippen molar-refractivity contribution in [2.45, 2.75) is 13.0 Å². The highest BCUT2D eigenvalue weighted by molar-refractivity contribution is 5.74. The third-order valence-electron chi connectivity index (χ3n) is 2.27. The Balaban J connectivity index is 2.61. The number of rotatable bonds is 2. The van der Waals surface area contributed by atoms with E-state index in [0.717, 1.165) is 11.0 Å². The topological polar surface area (TPSA) is 66.2 Å². The monoisotopic (exact) mass is 204 g/mol. The van der Waals surface area contributed by atoms with Gasteiger partial charge in [0.15, 0.2) is 0 Å². The molecule has 0 amide bonds. The third kappa shape index (κ3) is 1.82. The number of para-hydroxylation sites is 2. The van der Waals surface area contributed by atoms with Crippen molar-refractivity contribution < 1.29 is 10.2 Å². The highest BCUT2D eigenvalue weighted by Gasteiger charge is 2.12. The number of hydrogen-bond acceptors (Lipinski definition) is 4.